The van der Waals surface area contributed by atoms with Gasteiger partial charge >= 0.3 is 13.6 Å². The molecule has 0 saturated carbocycles. The van der Waals surface area contributed by atoms with Gasteiger partial charge in [-0.15, -0.1) is 11.6 Å². The van der Waals surface area contributed by atoms with Crippen molar-refractivity contribution in [2.24, 2.45) is 5.50 Å². The first-order valence-corrected chi connectivity index (χ1v) is 5.74. The fourth-order valence-corrected chi connectivity index (χ4v) is 1.82. The second-order valence-electron chi connectivity index (χ2n) is 2.38. The summed E-state index contributed by atoms with van der Waals surface area (Å²) in [7, 11) is -3.86. The molecule has 0 bridgehead atoms. The van der Waals surface area contributed by atoms with Crippen LogP contribution in [0.25, 0.3) is 0 Å². The number of nitrogens with zero attached hydrogens (tertiary/aromatic N) is 1. The van der Waals surface area contributed by atoms with E-state index in [0.717, 1.165) is 4.67 Å². The van der Waals surface area contributed by atoms with Crippen molar-refractivity contribution in [3.05, 3.63) is 0 Å². The number of nitrogens with two attached hydrogens (primary N) is 1. The molecule has 0 rings (SSSR count). The Morgan fingerprint density at radius 2 is 2.08 bits per heavy atom. The van der Waals surface area contributed by atoms with Crippen LogP contribution in [0.5, 0.6) is 0 Å². The van der Waals surface area contributed by atoms with Crippen LogP contribution < -0.4 is 5.50 Å². The van der Waals surface area contributed by atoms with Gasteiger partial charge in [0.15, 0.2) is 0 Å². The van der Waals surface area contributed by atoms with Crippen LogP contribution in [0.4, 0.5) is 0 Å². The van der Waals surface area contributed by atoms with Crippen LogP contribution >= 0.6 is 19.3 Å². The Bertz CT molecular complexity index is 219. The molecule has 0 aliphatic heterocycles. The third kappa shape index (κ3) is 6.01. The summed E-state index contributed by atoms with van der Waals surface area (Å²) in [5.74, 6) is -0.922. The molecule has 0 amide bonds. The first-order chi connectivity index (χ1) is 5.88. The summed E-state index contributed by atoms with van der Waals surface area (Å²) in [6.45, 7) is 0.0193. The summed E-state index contributed by atoms with van der Waals surface area (Å²) in [4.78, 5) is 19.1. The number of carboxylic acids is 1. The van der Waals surface area contributed by atoms with Gasteiger partial charge in [0.2, 0.25) is 0 Å². The molecule has 78 valence electrons. The Kier molecular flexibility index (Phi) is 5.51. The number of hydrogen-bond donors (Lipinski definition) is 3. The van der Waals surface area contributed by atoms with E-state index in [0.29, 0.717) is 0 Å². The van der Waals surface area contributed by atoms with E-state index in [2.05, 4.69) is 0 Å². The summed E-state index contributed by atoms with van der Waals surface area (Å²) in [6.07, 6.45) is -0.237. The molecule has 0 radical (unpaired) electrons. The van der Waals surface area contributed by atoms with Crippen LogP contribution in [0.2, 0.25) is 0 Å². The predicted octanol–water partition coefficient (Wildman–Crippen LogP) is 0.0610. The zero-order valence-corrected chi connectivity index (χ0v) is 8.54. The Balaban J connectivity index is 4.11. The van der Waals surface area contributed by atoms with Gasteiger partial charge in [0.25, 0.3) is 0 Å². The number of aliphatic carboxylic acids is 1. The highest BCUT2D eigenvalue weighted by atomic mass is 35.5. The molecule has 1 atom stereocenters. The molecule has 8 heteroatoms. The standard InChI is InChI=1S/C5H12ClN2O4P/c6-2-4-8(13(7,11)12)3-1-5(9)10/h1-4H2,(H,9,10)(H3,7,11,12). The second-order valence-corrected chi connectivity index (χ2v) is 4.50. The molecule has 0 aromatic carbocycles. The topological polar surface area (TPSA) is 104 Å². The van der Waals surface area contributed by atoms with Crippen LogP contribution in [0.1, 0.15) is 6.42 Å². The molecule has 0 heterocycles. The van der Waals surface area contributed by atoms with Gasteiger partial charge in [-0.3, -0.25) is 9.36 Å². The third-order valence-electron chi connectivity index (χ3n) is 1.33. The van der Waals surface area contributed by atoms with Crippen molar-refractivity contribution in [1.29, 1.82) is 0 Å². The normalized spacial score (nSPS) is 15.7. The summed E-state index contributed by atoms with van der Waals surface area (Å²) in [5.41, 5.74) is 4.94. The number of carbonyl (C=O) groups is 1. The lowest BCUT2D eigenvalue weighted by atomic mass is 10.4. The van der Waals surface area contributed by atoms with E-state index in [9.17, 15) is 9.36 Å². The molecule has 0 aliphatic rings. The first kappa shape index (κ1) is 12.9. The molecule has 6 nitrogen and oxygen atoms in total. The summed E-state index contributed by atoms with van der Waals surface area (Å²) in [6, 6.07) is 0. The van der Waals surface area contributed by atoms with E-state index in [-0.39, 0.29) is 25.4 Å². The highest BCUT2D eigenvalue weighted by molar-refractivity contribution is 7.52. The van der Waals surface area contributed by atoms with Gasteiger partial charge in [0, 0.05) is 19.0 Å². The highest BCUT2D eigenvalue weighted by Crippen LogP contribution is 2.35. The van der Waals surface area contributed by atoms with E-state index in [1.807, 2.05) is 0 Å². The monoisotopic (exact) mass is 230 g/mol. The average Bonchev–Trinajstić information content (AvgIpc) is 1.95. The van der Waals surface area contributed by atoms with Crippen molar-refractivity contribution >= 4 is 25.2 Å². The molecule has 0 aliphatic carbocycles. The lowest BCUT2D eigenvalue weighted by Crippen LogP contribution is -2.28. The van der Waals surface area contributed by atoms with Crippen LogP contribution in [-0.4, -0.2) is 39.6 Å². The van der Waals surface area contributed by atoms with E-state index >= 15 is 0 Å². The van der Waals surface area contributed by atoms with Crippen molar-refractivity contribution in [2.75, 3.05) is 19.0 Å². The summed E-state index contributed by atoms with van der Waals surface area (Å²) in [5, 5.41) is 8.32. The SMILES string of the molecule is NP(=O)(O)N(CCCl)CCC(=O)O. The lowest BCUT2D eigenvalue weighted by Gasteiger charge is -2.21. The van der Waals surface area contributed by atoms with Gasteiger partial charge in [-0.1, -0.05) is 0 Å². The third-order valence-corrected chi connectivity index (χ3v) is 2.71. The fourth-order valence-electron chi connectivity index (χ4n) is 0.721. The number of halogens is 1. The number of carboxylic acid groups (broad SMARTS) is 1. The molecule has 0 spiro atoms. The van der Waals surface area contributed by atoms with Crippen molar-refractivity contribution in [2.45, 2.75) is 6.42 Å². The van der Waals surface area contributed by atoms with Crippen molar-refractivity contribution in [3.8, 4) is 0 Å². The van der Waals surface area contributed by atoms with Crippen LogP contribution in [0.15, 0.2) is 0 Å². The van der Waals surface area contributed by atoms with Gasteiger partial charge in [-0.05, 0) is 0 Å². The first-order valence-electron chi connectivity index (χ1n) is 3.52. The number of rotatable bonds is 6. The lowest BCUT2D eigenvalue weighted by molar-refractivity contribution is -0.137. The van der Waals surface area contributed by atoms with Crippen LogP contribution in [0.3, 0.4) is 0 Å². The summed E-state index contributed by atoms with van der Waals surface area (Å²) < 4.78 is 11.9. The number of alkyl halides is 1. The molecule has 13 heavy (non-hydrogen) atoms. The maximum atomic E-state index is 10.9. The van der Waals surface area contributed by atoms with Gasteiger partial charge in [-0.2, -0.15) is 0 Å². The molecule has 1 unspecified atom stereocenters. The van der Waals surface area contributed by atoms with Crippen LogP contribution in [0, 0.1) is 0 Å². The van der Waals surface area contributed by atoms with E-state index in [1.165, 1.54) is 0 Å². The van der Waals surface area contributed by atoms with E-state index in [4.69, 9.17) is 27.1 Å². The molecular weight excluding hydrogens is 218 g/mol. The highest BCUT2D eigenvalue weighted by Gasteiger charge is 2.22. The van der Waals surface area contributed by atoms with Crippen molar-refractivity contribution in [3.63, 3.8) is 0 Å². The maximum absolute atomic E-state index is 10.9. The molecular formula is C5H12ClN2O4P. The molecule has 4 N–H and O–H groups in total. The van der Waals surface area contributed by atoms with Crippen molar-refractivity contribution < 1.29 is 19.4 Å². The Morgan fingerprint density at radius 3 is 2.38 bits per heavy atom. The minimum Gasteiger partial charge on any atom is -0.481 e. The minimum absolute atomic E-state index is 0.0771. The fraction of sp³-hybridized carbons (Fsp3) is 0.800. The van der Waals surface area contributed by atoms with Gasteiger partial charge in [0.1, 0.15) is 0 Å². The molecule has 0 saturated heterocycles. The van der Waals surface area contributed by atoms with Crippen molar-refractivity contribution in [1.82, 2.24) is 4.67 Å². The maximum Gasteiger partial charge on any atom is 0.338 e. The zero-order chi connectivity index (χ0) is 10.5. The zero-order valence-electron chi connectivity index (χ0n) is 6.89. The number of hydrogen-bond acceptors (Lipinski definition) is 2. The quantitative estimate of drug-likeness (QED) is 0.440. The van der Waals surface area contributed by atoms with E-state index < -0.39 is 13.6 Å². The Hall–Kier alpha value is -0.130. The Labute approximate surface area is 80.8 Å². The molecule has 0 fully saturated rings. The predicted molar refractivity (Wildman–Crippen MR) is 48.6 cm³/mol. The minimum atomic E-state index is -3.86. The molecule has 0 aromatic heterocycles. The van der Waals surface area contributed by atoms with E-state index in [1.54, 1.807) is 0 Å². The largest absolute Gasteiger partial charge is 0.481 e. The Morgan fingerprint density at radius 1 is 1.54 bits per heavy atom. The summed E-state index contributed by atoms with van der Waals surface area (Å²) >= 11 is 5.34. The molecule has 0 aromatic rings. The average molecular weight is 231 g/mol. The van der Waals surface area contributed by atoms with Crippen LogP contribution in [-0.2, 0) is 9.36 Å². The smallest absolute Gasteiger partial charge is 0.338 e. The van der Waals surface area contributed by atoms with Gasteiger partial charge in [0.05, 0.1) is 6.42 Å². The van der Waals surface area contributed by atoms with Gasteiger partial charge in [-0.25, -0.2) is 10.2 Å². The second kappa shape index (κ2) is 5.57. The van der Waals surface area contributed by atoms with Gasteiger partial charge < -0.3 is 10.00 Å².